The Labute approximate surface area is 141 Å². The highest BCUT2D eigenvalue weighted by molar-refractivity contribution is 6.33. The summed E-state index contributed by atoms with van der Waals surface area (Å²) in [4.78, 5) is 14.4. The number of benzene rings is 2. The number of halogens is 1. The van der Waals surface area contributed by atoms with Crippen LogP contribution in [-0.2, 0) is 17.6 Å². The van der Waals surface area contributed by atoms with Crippen LogP contribution in [0.3, 0.4) is 0 Å². The number of rotatable bonds is 2. The second-order valence-corrected chi connectivity index (χ2v) is 6.85. The third kappa shape index (κ3) is 2.47. The van der Waals surface area contributed by atoms with Crippen LogP contribution in [0.5, 0.6) is 0 Å². The summed E-state index contributed by atoms with van der Waals surface area (Å²) in [5.41, 5.74) is 3.44. The fourth-order valence-corrected chi connectivity index (χ4v) is 4.35. The lowest BCUT2D eigenvalue weighted by atomic mass is 9.75. The van der Waals surface area contributed by atoms with Crippen LogP contribution in [0, 0.1) is 0 Å². The van der Waals surface area contributed by atoms with Crippen LogP contribution in [-0.4, -0.2) is 11.3 Å². The molecule has 0 saturated carbocycles. The molecule has 0 aromatic heterocycles. The summed E-state index contributed by atoms with van der Waals surface area (Å²) >= 11 is 6.53. The zero-order valence-electron chi connectivity index (χ0n) is 12.8. The summed E-state index contributed by atoms with van der Waals surface area (Å²) < 4.78 is 0. The van der Waals surface area contributed by atoms with Crippen molar-refractivity contribution in [3.8, 4) is 0 Å². The topological polar surface area (TPSA) is 20.3 Å². The third-order valence-electron chi connectivity index (χ3n) is 4.94. The first kappa shape index (κ1) is 14.5. The molecule has 2 aliphatic rings. The van der Waals surface area contributed by atoms with Gasteiger partial charge in [-0.25, -0.2) is 0 Å². The average Bonchev–Trinajstić information content (AvgIpc) is 2.54. The molecular formula is C20H18ClNO. The number of hydrogen-bond acceptors (Lipinski definition) is 2. The Morgan fingerprint density at radius 1 is 1.04 bits per heavy atom. The summed E-state index contributed by atoms with van der Waals surface area (Å²) in [7, 11) is 0. The van der Waals surface area contributed by atoms with E-state index in [1.54, 1.807) is 6.08 Å². The van der Waals surface area contributed by atoms with Gasteiger partial charge in [-0.1, -0.05) is 60.1 Å². The summed E-state index contributed by atoms with van der Waals surface area (Å²) in [6.45, 7) is 0. The van der Waals surface area contributed by atoms with E-state index < -0.39 is 0 Å². The Morgan fingerprint density at radius 3 is 2.61 bits per heavy atom. The largest absolute Gasteiger partial charge is 0.325 e. The zero-order chi connectivity index (χ0) is 15.9. The Morgan fingerprint density at radius 2 is 1.78 bits per heavy atom. The van der Waals surface area contributed by atoms with Crippen molar-refractivity contribution >= 4 is 23.1 Å². The van der Waals surface area contributed by atoms with Gasteiger partial charge in [-0.3, -0.25) is 4.79 Å². The summed E-state index contributed by atoms with van der Waals surface area (Å²) in [5, 5.41) is 0.546. The maximum atomic E-state index is 12.2. The Balaban J connectivity index is 1.83. The Hall–Kier alpha value is -2.06. The van der Waals surface area contributed by atoms with E-state index in [1.807, 2.05) is 12.1 Å². The quantitative estimate of drug-likeness (QED) is 0.760. The normalized spacial score (nSPS) is 23.1. The molecule has 3 heteroatoms. The lowest BCUT2D eigenvalue weighted by Gasteiger charge is -2.50. The van der Waals surface area contributed by atoms with Crippen LogP contribution in [0.1, 0.15) is 24.0 Å². The number of para-hydroxylation sites is 1. The van der Waals surface area contributed by atoms with Crippen molar-refractivity contribution in [2.24, 2.45) is 0 Å². The number of hydrogen-bond donors (Lipinski definition) is 0. The maximum absolute atomic E-state index is 12.2. The SMILES string of the molecule is O=C1C=C(Cl)N2c3ccccc3CCC2(Cc2ccccc2)C1. The molecule has 2 aromatic carbocycles. The highest BCUT2D eigenvalue weighted by Gasteiger charge is 2.45. The van der Waals surface area contributed by atoms with E-state index in [0.717, 1.165) is 24.9 Å². The minimum atomic E-state index is -0.251. The fraction of sp³-hybridized carbons (Fsp3) is 0.250. The highest BCUT2D eigenvalue weighted by atomic mass is 35.5. The number of fused-ring (bicyclic) bond motifs is 3. The number of allylic oxidation sites excluding steroid dienone is 1. The van der Waals surface area contributed by atoms with Crippen LogP contribution < -0.4 is 4.90 Å². The van der Waals surface area contributed by atoms with Crippen molar-refractivity contribution < 1.29 is 4.79 Å². The highest BCUT2D eigenvalue weighted by Crippen LogP contribution is 2.46. The van der Waals surface area contributed by atoms with E-state index >= 15 is 0 Å². The van der Waals surface area contributed by atoms with Crippen molar-refractivity contribution in [1.29, 1.82) is 0 Å². The van der Waals surface area contributed by atoms with Gasteiger partial charge in [0.2, 0.25) is 0 Å². The Bertz CT molecular complexity index is 783. The number of carbonyl (C=O) groups excluding carboxylic acids is 1. The molecule has 0 spiro atoms. The van der Waals surface area contributed by atoms with E-state index in [4.69, 9.17) is 11.6 Å². The molecule has 1 atom stereocenters. The molecule has 2 heterocycles. The zero-order valence-corrected chi connectivity index (χ0v) is 13.6. The molecule has 2 aromatic rings. The van der Waals surface area contributed by atoms with Crippen LogP contribution in [0.4, 0.5) is 5.69 Å². The van der Waals surface area contributed by atoms with Crippen LogP contribution in [0.2, 0.25) is 0 Å². The smallest absolute Gasteiger partial charge is 0.161 e. The molecule has 4 rings (SSSR count). The number of anilines is 1. The van der Waals surface area contributed by atoms with Gasteiger partial charge in [0, 0.05) is 18.2 Å². The number of carbonyl (C=O) groups is 1. The predicted octanol–water partition coefficient (Wildman–Crippen LogP) is 4.47. The Kier molecular flexibility index (Phi) is 3.50. The molecule has 0 amide bonds. The predicted molar refractivity (Wildman–Crippen MR) is 93.7 cm³/mol. The lowest BCUT2D eigenvalue weighted by molar-refractivity contribution is -0.116. The van der Waals surface area contributed by atoms with Gasteiger partial charge in [0.1, 0.15) is 5.16 Å². The standard InChI is InChI=1S/C20H18ClNO/c21-19-12-17(23)14-20(13-15-6-2-1-3-7-15)11-10-16-8-4-5-9-18(16)22(19)20/h1-9,12H,10-11,13-14H2. The van der Waals surface area contributed by atoms with E-state index in [1.165, 1.54) is 11.1 Å². The summed E-state index contributed by atoms with van der Waals surface area (Å²) in [6.07, 6.45) is 4.85. The molecular weight excluding hydrogens is 306 g/mol. The van der Waals surface area contributed by atoms with E-state index in [2.05, 4.69) is 47.4 Å². The van der Waals surface area contributed by atoms with Gasteiger partial charge in [-0.2, -0.15) is 0 Å². The molecule has 0 radical (unpaired) electrons. The first-order valence-electron chi connectivity index (χ1n) is 8.00. The van der Waals surface area contributed by atoms with Crippen LogP contribution in [0.25, 0.3) is 0 Å². The number of ketones is 1. The molecule has 116 valence electrons. The van der Waals surface area contributed by atoms with Gasteiger partial charge in [0.05, 0.1) is 5.54 Å². The minimum absolute atomic E-state index is 0.126. The second kappa shape index (κ2) is 5.54. The summed E-state index contributed by atoms with van der Waals surface area (Å²) in [6, 6.07) is 18.8. The third-order valence-corrected chi connectivity index (χ3v) is 5.22. The minimum Gasteiger partial charge on any atom is -0.325 e. The van der Waals surface area contributed by atoms with Crippen LogP contribution in [0.15, 0.2) is 65.8 Å². The number of nitrogens with zero attached hydrogens (tertiary/aromatic N) is 1. The first-order chi connectivity index (χ1) is 11.2. The number of aryl methyl sites for hydroxylation is 1. The molecule has 1 unspecified atom stereocenters. The molecule has 2 aliphatic heterocycles. The molecule has 0 fully saturated rings. The molecule has 0 aliphatic carbocycles. The molecule has 0 bridgehead atoms. The van der Waals surface area contributed by atoms with Crippen molar-refractivity contribution in [3.63, 3.8) is 0 Å². The molecule has 23 heavy (non-hydrogen) atoms. The molecule has 0 saturated heterocycles. The van der Waals surface area contributed by atoms with E-state index in [-0.39, 0.29) is 11.3 Å². The molecule has 0 N–H and O–H groups in total. The van der Waals surface area contributed by atoms with Crippen molar-refractivity contribution in [1.82, 2.24) is 0 Å². The van der Waals surface area contributed by atoms with E-state index in [9.17, 15) is 4.79 Å². The van der Waals surface area contributed by atoms with Gasteiger partial charge in [-0.05, 0) is 36.5 Å². The average molecular weight is 324 g/mol. The van der Waals surface area contributed by atoms with E-state index in [0.29, 0.717) is 11.6 Å². The van der Waals surface area contributed by atoms with Crippen molar-refractivity contribution in [2.75, 3.05) is 4.90 Å². The monoisotopic (exact) mass is 323 g/mol. The van der Waals surface area contributed by atoms with Gasteiger partial charge < -0.3 is 4.90 Å². The van der Waals surface area contributed by atoms with Crippen molar-refractivity contribution in [2.45, 2.75) is 31.2 Å². The van der Waals surface area contributed by atoms with Gasteiger partial charge in [0.15, 0.2) is 5.78 Å². The summed E-state index contributed by atoms with van der Waals surface area (Å²) in [5.74, 6) is 0.126. The van der Waals surface area contributed by atoms with Gasteiger partial charge in [0.25, 0.3) is 0 Å². The first-order valence-corrected chi connectivity index (χ1v) is 8.38. The second-order valence-electron chi connectivity index (χ2n) is 6.46. The van der Waals surface area contributed by atoms with Crippen molar-refractivity contribution in [3.05, 3.63) is 77.0 Å². The lowest BCUT2D eigenvalue weighted by Crippen LogP contribution is -2.55. The van der Waals surface area contributed by atoms with Gasteiger partial charge >= 0.3 is 0 Å². The fourth-order valence-electron chi connectivity index (χ4n) is 3.96. The molecule has 2 nitrogen and oxygen atoms in total. The van der Waals surface area contributed by atoms with Gasteiger partial charge in [-0.15, -0.1) is 0 Å². The van der Waals surface area contributed by atoms with Crippen LogP contribution >= 0.6 is 11.6 Å². The maximum Gasteiger partial charge on any atom is 0.161 e.